The normalized spacial score (nSPS) is 23.5. The number of carbonyl (C=O) groups is 2. The second-order valence-corrected chi connectivity index (χ2v) is 9.45. The molecule has 2 aliphatic rings. The SMILES string of the molecule is C[C@H]1C[C@H](C)CN(C(=O)C(=O)Nc2c3c(nn2C(C)(C)C)CSC3)C1. The maximum atomic E-state index is 12.7. The maximum Gasteiger partial charge on any atom is 0.315 e. The van der Waals surface area contributed by atoms with Crippen LogP contribution in [0.5, 0.6) is 0 Å². The van der Waals surface area contributed by atoms with Gasteiger partial charge in [-0.2, -0.15) is 16.9 Å². The van der Waals surface area contributed by atoms with Crippen LogP contribution in [0.4, 0.5) is 5.82 Å². The van der Waals surface area contributed by atoms with Crippen molar-refractivity contribution >= 4 is 29.4 Å². The molecule has 1 N–H and O–H groups in total. The Morgan fingerprint density at radius 2 is 1.80 bits per heavy atom. The van der Waals surface area contributed by atoms with Crippen molar-refractivity contribution in [2.75, 3.05) is 18.4 Å². The van der Waals surface area contributed by atoms with Crippen LogP contribution in [0, 0.1) is 11.8 Å². The van der Waals surface area contributed by atoms with Gasteiger partial charge in [0.25, 0.3) is 0 Å². The number of piperidine rings is 1. The second-order valence-electron chi connectivity index (χ2n) is 8.46. The van der Waals surface area contributed by atoms with Crippen molar-refractivity contribution in [3.05, 3.63) is 11.3 Å². The van der Waals surface area contributed by atoms with E-state index in [4.69, 9.17) is 0 Å². The molecule has 1 saturated heterocycles. The number of likely N-dealkylation sites (tertiary alicyclic amines) is 1. The van der Waals surface area contributed by atoms with Gasteiger partial charge in [0.2, 0.25) is 0 Å². The number of hydrogen-bond donors (Lipinski definition) is 1. The van der Waals surface area contributed by atoms with Crippen molar-refractivity contribution in [1.82, 2.24) is 14.7 Å². The van der Waals surface area contributed by atoms with Crippen molar-refractivity contribution in [2.45, 2.75) is 58.1 Å². The summed E-state index contributed by atoms with van der Waals surface area (Å²) >= 11 is 1.78. The molecule has 7 heteroatoms. The number of fused-ring (bicyclic) bond motifs is 1. The number of thioether (sulfide) groups is 1. The van der Waals surface area contributed by atoms with Gasteiger partial charge in [0.15, 0.2) is 0 Å². The Kier molecular flexibility index (Phi) is 4.88. The Bertz CT molecular complexity index is 682. The Balaban J connectivity index is 1.80. The van der Waals surface area contributed by atoms with E-state index < -0.39 is 11.8 Å². The van der Waals surface area contributed by atoms with Crippen LogP contribution >= 0.6 is 11.8 Å². The van der Waals surface area contributed by atoms with Crippen molar-refractivity contribution in [3.63, 3.8) is 0 Å². The predicted molar refractivity (Wildman–Crippen MR) is 100 cm³/mol. The highest BCUT2D eigenvalue weighted by Gasteiger charge is 2.33. The van der Waals surface area contributed by atoms with E-state index in [9.17, 15) is 9.59 Å². The number of rotatable bonds is 1. The number of amides is 2. The Labute approximate surface area is 153 Å². The number of nitrogens with zero attached hydrogens (tertiary/aromatic N) is 3. The first-order valence-corrected chi connectivity index (χ1v) is 10.1. The minimum Gasteiger partial charge on any atom is -0.334 e. The molecule has 2 aliphatic heterocycles. The van der Waals surface area contributed by atoms with E-state index in [-0.39, 0.29) is 5.54 Å². The number of hydrogen-bond acceptors (Lipinski definition) is 4. The summed E-state index contributed by atoms with van der Waals surface area (Å²) in [6, 6.07) is 0. The first-order valence-electron chi connectivity index (χ1n) is 8.96. The van der Waals surface area contributed by atoms with Crippen LogP contribution < -0.4 is 5.32 Å². The van der Waals surface area contributed by atoms with Gasteiger partial charge in [0.1, 0.15) is 5.82 Å². The van der Waals surface area contributed by atoms with E-state index in [0.717, 1.165) is 29.2 Å². The summed E-state index contributed by atoms with van der Waals surface area (Å²) in [5.41, 5.74) is 1.82. The molecule has 0 saturated carbocycles. The molecule has 2 atom stereocenters. The van der Waals surface area contributed by atoms with Crippen LogP contribution in [0.3, 0.4) is 0 Å². The lowest BCUT2D eigenvalue weighted by Gasteiger charge is -2.34. The molecular formula is C18H28N4O2S. The lowest BCUT2D eigenvalue weighted by Crippen LogP contribution is -2.47. The zero-order valence-electron chi connectivity index (χ0n) is 15.8. The van der Waals surface area contributed by atoms with Gasteiger partial charge in [-0.15, -0.1) is 0 Å². The third kappa shape index (κ3) is 3.71. The van der Waals surface area contributed by atoms with Crippen LogP contribution in [0.25, 0.3) is 0 Å². The fraction of sp³-hybridized carbons (Fsp3) is 0.722. The fourth-order valence-electron chi connectivity index (χ4n) is 3.76. The number of carbonyl (C=O) groups excluding carboxylic acids is 2. The summed E-state index contributed by atoms with van der Waals surface area (Å²) < 4.78 is 1.85. The Morgan fingerprint density at radius 3 is 2.40 bits per heavy atom. The lowest BCUT2D eigenvalue weighted by molar-refractivity contribution is -0.145. The van der Waals surface area contributed by atoms with E-state index >= 15 is 0 Å². The molecule has 1 aromatic rings. The van der Waals surface area contributed by atoms with E-state index in [1.54, 1.807) is 16.7 Å². The molecule has 6 nitrogen and oxygen atoms in total. The monoisotopic (exact) mass is 364 g/mol. The van der Waals surface area contributed by atoms with Gasteiger partial charge in [0, 0.05) is 30.2 Å². The van der Waals surface area contributed by atoms with Gasteiger partial charge in [0.05, 0.1) is 11.2 Å². The molecule has 0 aliphatic carbocycles. The van der Waals surface area contributed by atoms with E-state index in [1.807, 2.05) is 25.5 Å². The highest BCUT2D eigenvalue weighted by Crippen LogP contribution is 2.37. The third-order valence-corrected chi connectivity index (χ3v) is 5.74. The van der Waals surface area contributed by atoms with Crippen molar-refractivity contribution in [3.8, 4) is 0 Å². The smallest absolute Gasteiger partial charge is 0.315 e. The van der Waals surface area contributed by atoms with Crippen LogP contribution in [-0.4, -0.2) is 39.6 Å². The molecule has 1 fully saturated rings. The second kappa shape index (κ2) is 6.67. The first-order chi connectivity index (χ1) is 11.7. The van der Waals surface area contributed by atoms with E-state index in [0.29, 0.717) is 30.7 Å². The van der Waals surface area contributed by atoms with Gasteiger partial charge < -0.3 is 10.2 Å². The van der Waals surface area contributed by atoms with Gasteiger partial charge in [-0.1, -0.05) is 13.8 Å². The molecule has 3 rings (SSSR count). The predicted octanol–water partition coefficient (Wildman–Crippen LogP) is 2.83. The zero-order valence-corrected chi connectivity index (χ0v) is 16.6. The number of aromatic nitrogens is 2. The molecule has 0 bridgehead atoms. The summed E-state index contributed by atoms with van der Waals surface area (Å²) in [5, 5.41) is 7.55. The number of nitrogens with one attached hydrogen (secondary N) is 1. The lowest BCUT2D eigenvalue weighted by atomic mass is 9.92. The molecule has 0 spiro atoms. The van der Waals surface area contributed by atoms with Crippen LogP contribution in [0.1, 0.15) is 52.3 Å². The summed E-state index contributed by atoms with van der Waals surface area (Å²) in [6.45, 7) is 11.7. The molecule has 25 heavy (non-hydrogen) atoms. The Morgan fingerprint density at radius 1 is 1.16 bits per heavy atom. The molecule has 0 radical (unpaired) electrons. The van der Waals surface area contributed by atoms with E-state index in [2.05, 4.69) is 24.3 Å². The third-order valence-electron chi connectivity index (χ3n) is 4.77. The average molecular weight is 365 g/mol. The topological polar surface area (TPSA) is 67.2 Å². The highest BCUT2D eigenvalue weighted by molar-refractivity contribution is 7.98. The number of anilines is 1. The minimum atomic E-state index is -0.550. The standard InChI is InChI=1S/C18H28N4O2S/c1-11-6-12(2)8-21(7-11)17(24)16(23)19-15-13-9-25-10-14(13)20-22(15)18(3,4)5/h11-12H,6-10H2,1-5H3,(H,19,23)/t11-,12-/m0/s1. The van der Waals surface area contributed by atoms with Crippen molar-refractivity contribution < 1.29 is 9.59 Å². The van der Waals surface area contributed by atoms with Gasteiger partial charge in [-0.25, -0.2) is 4.68 Å². The molecular weight excluding hydrogens is 336 g/mol. The quantitative estimate of drug-likeness (QED) is 0.778. The fourth-order valence-corrected chi connectivity index (χ4v) is 4.80. The minimum absolute atomic E-state index is 0.255. The maximum absolute atomic E-state index is 12.7. The molecule has 1 aromatic heterocycles. The zero-order chi connectivity index (χ0) is 18.4. The molecule has 2 amide bonds. The average Bonchev–Trinajstić information content (AvgIpc) is 3.07. The molecule has 0 unspecified atom stereocenters. The summed E-state index contributed by atoms with van der Waals surface area (Å²) in [5.74, 6) is 2.25. The van der Waals surface area contributed by atoms with Crippen LogP contribution in [0.15, 0.2) is 0 Å². The molecule has 0 aromatic carbocycles. The first kappa shape index (κ1) is 18.3. The Hall–Kier alpha value is -1.50. The van der Waals surface area contributed by atoms with Gasteiger partial charge >= 0.3 is 11.8 Å². The van der Waals surface area contributed by atoms with Crippen LogP contribution in [-0.2, 0) is 26.6 Å². The molecule has 3 heterocycles. The summed E-state index contributed by atoms with van der Waals surface area (Å²) in [7, 11) is 0. The highest BCUT2D eigenvalue weighted by atomic mass is 32.2. The van der Waals surface area contributed by atoms with Gasteiger partial charge in [-0.05, 0) is 39.0 Å². The summed E-state index contributed by atoms with van der Waals surface area (Å²) in [4.78, 5) is 27.0. The van der Waals surface area contributed by atoms with Gasteiger partial charge in [-0.3, -0.25) is 9.59 Å². The van der Waals surface area contributed by atoms with Crippen molar-refractivity contribution in [2.24, 2.45) is 11.8 Å². The van der Waals surface area contributed by atoms with Crippen molar-refractivity contribution in [1.29, 1.82) is 0 Å². The summed E-state index contributed by atoms with van der Waals surface area (Å²) in [6.07, 6.45) is 1.10. The largest absolute Gasteiger partial charge is 0.334 e. The van der Waals surface area contributed by atoms with E-state index in [1.165, 1.54) is 0 Å². The van der Waals surface area contributed by atoms with Crippen LogP contribution in [0.2, 0.25) is 0 Å². The molecule has 138 valence electrons.